The maximum Gasteiger partial charge on any atom is 0.490 e. The van der Waals surface area contributed by atoms with Gasteiger partial charge in [-0.2, -0.15) is 13.2 Å². The fourth-order valence-corrected chi connectivity index (χ4v) is 2.81. The zero-order valence-electron chi connectivity index (χ0n) is 12.7. The van der Waals surface area contributed by atoms with Crippen molar-refractivity contribution in [2.24, 2.45) is 0 Å². The lowest BCUT2D eigenvalue weighted by Gasteiger charge is -2.54. The summed E-state index contributed by atoms with van der Waals surface area (Å²) in [4.78, 5) is 31.1. The van der Waals surface area contributed by atoms with Crippen molar-refractivity contribution in [1.82, 2.24) is 20.2 Å². The fourth-order valence-electron chi connectivity index (χ4n) is 2.81. The second-order valence-corrected chi connectivity index (χ2v) is 5.61. The summed E-state index contributed by atoms with van der Waals surface area (Å²) in [5, 5.41) is 10.5. The molecule has 3 heterocycles. The molecule has 0 aliphatic carbocycles. The molecule has 2 aliphatic heterocycles. The van der Waals surface area contributed by atoms with E-state index in [-0.39, 0.29) is 11.4 Å². The molecule has 1 amide bonds. The zero-order valence-corrected chi connectivity index (χ0v) is 12.7. The van der Waals surface area contributed by atoms with Crippen molar-refractivity contribution in [2.45, 2.75) is 31.0 Å². The molecule has 1 unspecified atom stereocenters. The van der Waals surface area contributed by atoms with Gasteiger partial charge in [0.2, 0.25) is 0 Å². The molecule has 1 aromatic heterocycles. The van der Waals surface area contributed by atoms with E-state index >= 15 is 0 Å². The van der Waals surface area contributed by atoms with E-state index in [1.807, 2.05) is 4.90 Å². The van der Waals surface area contributed by atoms with Gasteiger partial charge in [-0.05, 0) is 31.9 Å². The Morgan fingerprint density at radius 1 is 1.33 bits per heavy atom. The predicted molar refractivity (Wildman–Crippen MR) is 76.2 cm³/mol. The minimum absolute atomic E-state index is 0.0438. The lowest BCUT2D eigenvalue weighted by molar-refractivity contribution is -0.192. The lowest BCUT2D eigenvalue weighted by atomic mass is 9.78. The highest BCUT2D eigenvalue weighted by atomic mass is 19.4. The quantitative estimate of drug-likeness (QED) is 0.790. The van der Waals surface area contributed by atoms with E-state index in [0.29, 0.717) is 5.69 Å². The third kappa shape index (κ3) is 3.99. The average Bonchev–Trinajstić information content (AvgIpc) is 2.55. The Balaban J connectivity index is 0.000000256. The number of amides is 1. The van der Waals surface area contributed by atoms with Gasteiger partial charge in [-0.3, -0.25) is 4.79 Å². The maximum absolute atomic E-state index is 12.3. The molecule has 3 rings (SSSR count). The molecule has 0 aromatic carbocycles. The van der Waals surface area contributed by atoms with Crippen LogP contribution in [0.1, 0.15) is 29.8 Å². The van der Waals surface area contributed by atoms with Crippen molar-refractivity contribution >= 4 is 11.9 Å². The molecule has 0 radical (unpaired) electrons. The van der Waals surface area contributed by atoms with Gasteiger partial charge in [-0.25, -0.2) is 14.8 Å². The largest absolute Gasteiger partial charge is 0.490 e. The number of alkyl halides is 3. The Morgan fingerprint density at radius 3 is 2.46 bits per heavy atom. The summed E-state index contributed by atoms with van der Waals surface area (Å²) in [5.74, 6) is -2.71. The number of carboxylic acids is 1. The van der Waals surface area contributed by atoms with Crippen LogP contribution in [-0.2, 0) is 4.79 Å². The lowest BCUT2D eigenvalue weighted by Crippen LogP contribution is -2.68. The van der Waals surface area contributed by atoms with Crippen LogP contribution in [-0.4, -0.2) is 63.2 Å². The SMILES string of the molecule is O=C(O)C(F)(F)F.O=C(c1ccncn1)N1CCC12CCCNC2. The molecule has 2 saturated heterocycles. The van der Waals surface area contributed by atoms with E-state index < -0.39 is 12.1 Å². The number of halogens is 3. The van der Waals surface area contributed by atoms with E-state index in [2.05, 4.69) is 15.3 Å². The zero-order chi connectivity index (χ0) is 17.8. The number of hydrogen-bond donors (Lipinski definition) is 2. The van der Waals surface area contributed by atoms with E-state index in [1.165, 1.54) is 6.33 Å². The first-order valence-electron chi connectivity index (χ1n) is 7.35. The molecule has 2 aliphatic rings. The Kier molecular flexibility index (Phi) is 5.37. The number of hydrogen-bond acceptors (Lipinski definition) is 5. The minimum Gasteiger partial charge on any atom is -0.475 e. The van der Waals surface area contributed by atoms with Crippen molar-refractivity contribution in [1.29, 1.82) is 0 Å². The summed E-state index contributed by atoms with van der Waals surface area (Å²) < 4.78 is 31.7. The first kappa shape index (κ1) is 18.1. The number of aromatic nitrogens is 2. The normalized spacial score (nSPS) is 23.0. The van der Waals surface area contributed by atoms with Crippen LogP contribution >= 0.6 is 0 Å². The summed E-state index contributed by atoms with van der Waals surface area (Å²) in [6.07, 6.45) is 1.33. The number of aliphatic carboxylic acids is 1. The Morgan fingerprint density at radius 2 is 2.04 bits per heavy atom. The van der Waals surface area contributed by atoms with Crippen LogP contribution in [0, 0.1) is 0 Å². The standard InChI is InChI=1S/C12H16N4O.C2HF3O2/c17-11(10-2-6-14-9-15-10)16-7-4-12(16)3-1-5-13-8-12;3-2(4,5)1(6)7/h2,6,9,13H,1,3-5,7-8H2;(H,6,7). The van der Waals surface area contributed by atoms with Crippen LogP contribution < -0.4 is 5.32 Å². The molecule has 10 heteroatoms. The van der Waals surface area contributed by atoms with E-state index in [0.717, 1.165) is 38.9 Å². The fraction of sp³-hybridized carbons (Fsp3) is 0.571. The van der Waals surface area contributed by atoms with Gasteiger partial charge >= 0.3 is 12.1 Å². The number of nitrogens with one attached hydrogen (secondary N) is 1. The molecular formula is C14H17F3N4O3. The predicted octanol–water partition coefficient (Wildman–Crippen LogP) is 1.08. The summed E-state index contributed by atoms with van der Waals surface area (Å²) in [6.45, 7) is 2.84. The first-order chi connectivity index (χ1) is 11.3. The highest BCUT2D eigenvalue weighted by molar-refractivity contribution is 5.93. The van der Waals surface area contributed by atoms with Crippen molar-refractivity contribution in [3.8, 4) is 0 Å². The maximum atomic E-state index is 12.3. The second-order valence-electron chi connectivity index (χ2n) is 5.61. The van der Waals surface area contributed by atoms with Gasteiger partial charge in [-0.15, -0.1) is 0 Å². The van der Waals surface area contributed by atoms with Crippen LogP contribution in [0.2, 0.25) is 0 Å². The number of carbonyl (C=O) groups is 2. The van der Waals surface area contributed by atoms with Crippen molar-refractivity contribution in [2.75, 3.05) is 19.6 Å². The third-order valence-corrected chi connectivity index (χ3v) is 4.11. The number of rotatable bonds is 1. The number of carbonyl (C=O) groups excluding carboxylic acids is 1. The van der Waals surface area contributed by atoms with Gasteiger partial charge in [0, 0.05) is 19.3 Å². The monoisotopic (exact) mass is 346 g/mol. The third-order valence-electron chi connectivity index (χ3n) is 4.11. The molecule has 24 heavy (non-hydrogen) atoms. The summed E-state index contributed by atoms with van der Waals surface area (Å²) >= 11 is 0. The molecule has 2 N–H and O–H groups in total. The summed E-state index contributed by atoms with van der Waals surface area (Å²) in [5.41, 5.74) is 0.560. The van der Waals surface area contributed by atoms with Crippen molar-refractivity contribution < 1.29 is 27.9 Å². The molecule has 1 spiro atoms. The molecule has 7 nitrogen and oxygen atoms in total. The number of nitrogens with zero attached hydrogens (tertiary/aromatic N) is 3. The van der Waals surface area contributed by atoms with Crippen LogP contribution in [0.4, 0.5) is 13.2 Å². The molecule has 0 bridgehead atoms. The minimum atomic E-state index is -5.08. The second kappa shape index (κ2) is 7.12. The van der Waals surface area contributed by atoms with Gasteiger partial charge < -0.3 is 15.3 Å². The average molecular weight is 346 g/mol. The molecule has 1 aromatic rings. The number of carboxylic acid groups (broad SMARTS) is 1. The number of piperidine rings is 1. The van der Waals surface area contributed by atoms with Gasteiger partial charge in [0.05, 0.1) is 5.54 Å². The highest BCUT2D eigenvalue weighted by Gasteiger charge is 2.48. The topological polar surface area (TPSA) is 95.4 Å². The summed E-state index contributed by atoms with van der Waals surface area (Å²) in [7, 11) is 0. The smallest absolute Gasteiger partial charge is 0.475 e. The van der Waals surface area contributed by atoms with Gasteiger partial charge in [0.15, 0.2) is 0 Å². The Labute approximate surface area is 135 Å². The van der Waals surface area contributed by atoms with Gasteiger partial charge in [0.1, 0.15) is 12.0 Å². The molecule has 0 saturated carbocycles. The van der Waals surface area contributed by atoms with Crippen molar-refractivity contribution in [3.05, 3.63) is 24.3 Å². The van der Waals surface area contributed by atoms with Crippen LogP contribution in [0.15, 0.2) is 18.6 Å². The summed E-state index contributed by atoms with van der Waals surface area (Å²) in [6, 6.07) is 1.69. The van der Waals surface area contributed by atoms with Crippen LogP contribution in [0.5, 0.6) is 0 Å². The van der Waals surface area contributed by atoms with Gasteiger partial charge in [0.25, 0.3) is 5.91 Å². The molecule has 2 fully saturated rings. The van der Waals surface area contributed by atoms with Crippen LogP contribution in [0.3, 0.4) is 0 Å². The first-order valence-corrected chi connectivity index (χ1v) is 7.35. The van der Waals surface area contributed by atoms with Crippen LogP contribution in [0.25, 0.3) is 0 Å². The van der Waals surface area contributed by atoms with Gasteiger partial charge in [-0.1, -0.05) is 0 Å². The van der Waals surface area contributed by atoms with E-state index in [4.69, 9.17) is 9.90 Å². The number of likely N-dealkylation sites (tertiary alicyclic amines) is 1. The van der Waals surface area contributed by atoms with Crippen molar-refractivity contribution in [3.63, 3.8) is 0 Å². The Bertz CT molecular complexity index is 589. The van der Waals surface area contributed by atoms with E-state index in [1.54, 1.807) is 12.3 Å². The molecule has 132 valence electrons. The Hall–Kier alpha value is -2.23. The highest BCUT2D eigenvalue weighted by Crippen LogP contribution is 2.37. The van der Waals surface area contributed by atoms with E-state index in [9.17, 15) is 18.0 Å². The molecule has 1 atom stereocenters. The molecular weight excluding hydrogens is 329 g/mol.